The fourth-order valence-electron chi connectivity index (χ4n) is 1.68. The molecule has 4 nitrogen and oxygen atoms in total. The van der Waals surface area contributed by atoms with Crippen molar-refractivity contribution in [3.8, 4) is 11.3 Å². The lowest BCUT2D eigenvalue weighted by molar-refractivity contribution is 0.723. The fourth-order valence-corrected chi connectivity index (χ4v) is 2.24. The molecule has 0 aliphatic carbocycles. The lowest BCUT2D eigenvalue weighted by Gasteiger charge is -2.06. The lowest BCUT2D eigenvalue weighted by Crippen LogP contribution is -2.20. The molecule has 0 aliphatic heterocycles. The van der Waals surface area contributed by atoms with E-state index < -0.39 is 0 Å². The summed E-state index contributed by atoms with van der Waals surface area (Å²) < 4.78 is 4.20. The Morgan fingerprint density at radius 2 is 2.25 bits per heavy atom. The third kappa shape index (κ3) is 1.71. The summed E-state index contributed by atoms with van der Waals surface area (Å²) in [6.07, 6.45) is 3.48. The van der Waals surface area contributed by atoms with Crippen molar-refractivity contribution in [1.29, 1.82) is 0 Å². The topological polar surface area (TPSA) is 39.8 Å². The zero-order valence-corrected chi connectivity index (χ0v) is 10.7. The van der Waals surface area contributed by atoms with Gasteiger partial charge in [0.25, 0.3) is 5.56 Å². The maximum Gasteiger partial charge on any atom is 0.260 e. The molecule has 2 rings (SSSR count). The predicted octanol–water partition coefficient (Wildman–Crippen LogP) is 2.03. The van der Waals surface area contributed by atoms with Crippen LogP contribution in [0, 0.1) is 0 Å². The summed E-state index contributed by atoms with van der Waals surface area (Å²) in [5, 5.41) is 4.11. The zero-order chi connectivity index (χ0) is 11.7. The van der Waals surface area contributed by atoms with Gasteiger partial charge in [0.15, 0.2) is 0 Å². The van der Waals surface area contributed by atoms with E-state index in [-0.39, 0.29) is 5.56 Å². The van der Waals surface area contributed by atoms with Crippen LogP contribution in [0.25, 0.3) is 11.3 Å². The van der Waals surface area contributed by atoms with E-state index in [9.17, 15) is 4.79 Å². The molecule has 2 heterocycles. The highest BCUT2D eigenvalue weighted by atomic mass is 79.9. The van der Waals surface area contributed by atoms with Crippen LogP contribution in [0.1, 0.15) is 6.92 Å². The summed E-state index contributed by atoms with van der Waals surface area (Å²) in [6, 6.07) is 3.69. The Labute approximate surface area is 102 Å². The van der Waals surface area contributed by atoms with Gasteiger partial charge in [-0.05, 0) is 35.0 Å². The number of rotatable bonds is 2. The first kappa shape index (κ1) is 11.1. The number of halogens is 1. The normalized spacial score (nSPS) is 10.7. The van der Waals surface area contributed by atoms with Gasteiger partial charge in [0, 0.05) is 19.8 Å². The van der Waals surface area contributed by atoms with Crippen LogP contribution >= 0.6 is 15.9 Å². The fraction of sp³-hybridized carbons (Fsp3) is 0.273. The molecule has 0 fully saturated rings. The SMILES string of the molecule is CCn1cccc(-c2c(Br)cnn2C)c1=O. The van der Waals surface area contributed by atoms with E-state index in [1.165, 1.54) is 0 Å². The molecule has 16 heavy (non-hydrogen) atoms. The molecule has 0 unspecified atom stereocenters. The van der Waals surface area contributed by atoms with Crippen molar-refractivity contribution >= 4 is 15.9 Å². The first-order valence-electron chi connectivity index (χ1n) is 5.02. The average molecular weight is 282 g/mol. The second kappa shape index (κ2) is 4.25. The molecule has 0 aliphatic rings. The van der Waals surface area contributed by atoms with E-state index in [4.69, 9.17) is 0 Å². The molecule has 2 aromatic rings. The highest BCUT2D eigenvalue weighted by Crippen LogP contribution is 2.24. The Morgan fingerprint density at radius 3 is 2.81 bits per heavy atom. The molecule has 5 heteroatoms. The Morgan fingerprint density at radius 1 is 1.50 bits per heavy atom. The van der Waals surface area contributed by atoms with Gasteiger partial charge in [-0.15, -0.1) is 0 Å². The van der Waals surface area contributed by atoms with Crippen molar-refractivity contribution in [2.24, 2.45) is 7.05 Å². The van der Waals surface area contributed by atoms with E-state index in [1.54, 1.807) is 21.6 Å². The molecular formula is C11H12BrN3O. The molecular weight excluding hydrogens is 270 g/mol. The van der Waals surface area contributed by atoms with Crippen molar-refractivity contribution in [2.75, 3.05) is 0 Å². The smallest absolute Gasteiger partial charge is 0.260 e. The number of nitrogens with zero attached hydrogens (tertiary/aromatic N) is 3. The Balaban J connectivity index is 2.70. The van der Waals surface area contributed by atoms with E-state index >= 15 is 0 Å². The number of hydrogen-bond donors (Lipinski definition) is 0. The van der Waals surface area contributed by atoms with Gasteiger partial charge in [0.1, 0.15) is 0 Å². The summed E-state index contributed by atoms with van der Waals surface area (Å²) in [7, 11) is 1.82. The molecule has 0 aromatic carbocycles. The maximum absolute atomic E-state index is 12.1. The van der Waals surface area contributed by atoms with Crippen LogP contribution in [-0.4, -0.2) is 14.3 Å². The third-order valence-corrected chi connectivity index (χ3v) is 3.09. The van der Waals surface area contributed by atoms with Gasteiger partial charge < -0.3 is 4.57 Å². The molecule has 0 saturated heterocycles. The molecule has 0 spiro atoms. The second-order valence-electron chi connectivity index (χ2n) is 3.48. The van der Waals surface area contributed by atoms with Gasteiger partial charge in [-0.3, -0.25) is 9.48 Å². The van der Waals surface area contributed by atoms with Crippen molar-refractivity contribution in [3.05, 3.63) is 39.4 Å². The lowest BCUT2D eigenvalue weighted by atomic mass is 10.2. The summed E-state index contributed by atoms with van der Waals surface area (Å²) >= 11 is 3.40. The number of aryl methyl sites for hydroxylation is 2. The summed E-state index contributed by atoms with van der Waals surface area (Å²) in [6.45, 7) is 2.62. The van der Waals surface area contributed by atoms with Crippen LogP contribution in [0.3, 0.4) is 0 Å². The first-order chi connectivity index (χ1) is 7.65. The van der Waals surface area contributed by atoms with E-state index in [0.717, 1.165) is 10.2 Å². The predicted molar refractivity (Wildman–Crippen MR) is 66.3 cm³/mol. The molecule has 0 N–H and O–H groups in total. The van der Waals surface area contributed by atoms with Crippen LogP contribution in [0.15, 0.2) is 33.8 Å². The van der Waals surface area contributed by atoms with Crippen molar-refractivity contribution in [3.63, 3.8) is 0 Å². The summed E-state index contributed by atoms with van der Waals surface area (Å²) in [4.78, 5) is 12.1. The minimum Gasteiger partial charge on any atom is -0.315 e. The van der Waals surface area contributed by atoms with Crippen molar-refractivity contribution in [2.45, 2.75) is 13.5 Å². The van der Waals surface area contributed by atoms with Gasteiger partial charge >= 0.3 is 0 Å². The third-order valence-electron chi connectivity index (χ3n) is 2.51. The zero-order valence-electron chi connectivity index (χ0n) is 9.14. The van der Waals surface area contributed by atoms with Crippen molar-refractivity contribution in [1.82, 2.24) is 14.3 Å². The van der Waals surface area contributed by atoms with E-state index in [0.29, 0.717) is 12.1 Å². The van der Waals surface area contributed by atoms with E-state index in [2.05, 4.69) is 21.0 Å². The number of aromatic nitrogens is 3. The largest absolute Gasteiger partial charge is 0.315 e. The highest BCUT2D eigenvalue weighted by Gasteiger charge is 2.12. The molecule has 2 aromatic heterocycles. The minimum atomic E-state index is 0.00861. The van der Waals surface area contributed by atoms with Gasteiger partial charge in [-0.25, -0.2) is 0 Å². The van der Waals surface area contributed by atoms with Crippen molar-refractivity contribution < 1.29 is 0 Å². The van der Waals surface area contributed by atoms with Crippen LogP contribution in [0.4, 0.5) is 0 Å². The standard InChI is InChI=1S/C11H12BrN3O/c1-3-15-6-4-5-8(11(15)16)10-9(12)7-13-14(10)2/h4-7H,3H2,1-2H3. The molecule has 0 radical (unpaired) electrons. The van der Waals surface area contributed by atoms with E-state index in [1.807, 2.05) is 26.1 Å². The Kier molecular flexibility index (Phi) is 2.96. The summed E-state index contributed by atoms with van der Waals surface area (Å²) in [5.41, 5.74) is 1.48. The first-order valence-corrected chi connectivity index (χ1v) is 5.81. The monoisotopic (exact) mass is 281 g/mol. The van der Waals surface area contributed by atoms with Crippen LogP contribution in [0.2, 0.25) is 0 Å². The number of pyridine rings is 1. The van der Waals surface area contributed by atoms with Crippen LogP contribution in [-0.2, 0) is 13.6 Å². The van der Waals surface area contributed by atoms with Gasteiger partial charge in [0.2, 0.25) is 0 Å². The Hall–Kier alpha value is -1.36. The van der Waals surface area contributed by atoms with Gasteiger partial charge in [-0.1, -0.05) is 0 Å². The quantitative estimate of drug-likeness (QED) is 0.845. The molecule has 0 amide bonds. The second-order valence-corrected chi connectivity index (χ2v) is 4.33. The minimum absolute atomic E-state index is 0.00861. The Bertz CT molecular complexity index is 551. The average Bonchev–Trinajstić information content (AvgIpc) is 2.60. The van der Waals surface area contributed by atoms with Crippen LogP contribution < -0.4 is 5.56 Å². The van der Waals surface area contributed by atoms with Crippen LogP contribution in [0.5, 0.6) is 0 Å². The molecule has 0 atom stereocenters. The molecule has 0 saturated carbocycles. The molecule has 0 bridgehead atoms. The van der Waals surface area contributed by atoms with Gasteiger partial charge in [0.05, 0.1) is 21.9 Å². The van der Waals surface area contributed by atoms with Gasteiger partial charge in [-0.2, -0.15) is 5.10 Å². The molecule has 84 valence electrons. The highest BCUT2D eigenvalue weighted by molar-refractivity contribution is 9.10. The maximum atomic E-state index is 12.1. The summed E-state index contributed by atoms with van der Waals surface area (Å²) in [5.74, 6) is 0. The number of hydrogen-bond acceptors (Lipinski definition) is 2.